The van der Waals surface area contributed by atoms with Gasteiger partial charge in [-0.1, -0.05) is 6.92 Å². The summed E-state index contributed by atoms with van der Waals surface area (Å²) < 4.78 is 28.2. The van der Waals surface area contributed by atoms with Crippen LogP contribution in [0.1, 0.15) is 39.2 Å². The molecule has 2 atom stereocenters. The van der Waals surface area contributed by atoms with E-state index < -0.39 is 33.9 Å². The third-order valence-corrected chi connectivity index (χ3v) is 7.50. The lowest BCUT2D eigenvalue weighted by molar-refractivity contribution is -0.122. The first-order valence-electron chi connectivity index (χ1n) is 10.4. The Hall–Kier alpha value is -3.55. The number of hydrogen-bond donors (Lipinski definition) is 1. The minimum absolute atomic E-state index is 0.0472. The third-order valence-electron chi connectivity index (χ3n) is 5.46. The van der Waals surface area contributed by atoms with Crippen molar-refractivity contribution in [3.8, 4) is 6.07 Å². The molecule has 2 aromatic rings. The lowest BCUT2D eigenvalue weighted by Crippen LogP contribution is -2.49. The number of nitriles is 1. The summed E-state index contributed by atoms with van der Waals surface area (Å²) in [6.07, 6.45) is 0.143. The molecular formula is C23H24N4O5S. The van der Waals surface area contributed by atoms with Crippen molar-refractivity contribution in [3.63, 3.8) is 0 Å². The number of rotatable bonds is 7. The van der Waals surface area contributed by atoms with Gasteiger partial charge in [-0.05, 0) is 61.9 Å². The number of benzene rings is 2. The standard InChI is InChI=1S/C23H24N4O5S/c1-4-15(2)27(33(31,32)20-11-7-18(8-12-20)25-16(3)28)21-13-22(29)26(23(21)30)19-9-5-17(14-24)6-10-19/h5-12,15,21H,4,13H2,1-3H3,(H,25,28). The highest BCUT2D eigenvalue weighted by Crippen LogP contribution is 2.32. The number of nitrogens with zero attached hydrogens (tertiary/aromatic N) is 3. The largest absolute Gasteiger partial charge is 0.326 e. The van der Waals surface area contributed by atoms with Gasteiger partial charge in [0.2, 0.25) is 21.8 Å². The van der Waals surface area contributed by atoms with Gasteiger partial charge >= 0.3 is 0 Å². The number of carbonyl (C=O) groups is 3. The summed E-state index contributed by atoms with van der Waals surface area (Å²) in [6.45, 7) is 4.83. The fourth-order valence-corrected chi connectivity index (χ4v) is 5.54. The molecule has 1 fully saturated rings. The lowest BCUT2D eigenvalue weighted by atomic mass is 10.2. The number of nitrogens with one attached hydrogen (secondary N) is 1. The van der Waals surface area contributed by atoms with E-state index in [0.29, 0.717) is 17.7 Å². The van der Waals surface area contributed by atoms with Crippen LogP contribution >= 0.6 is 0 Å². The third kappa shape index (κ3) is 4.79. The first-order chi connectivity index (χ1) is 15.6. The minimum Gasteiger partial charge on any atom is -0.326 e. The highest BCUT2D eigenvalue weighted by molar-refractivity contribution is 7.89. The van der Waals surface area contributed by atoms with Crippen LogP contribution in [0.15, 0.2) is 53.4 Å². The van der Waals surface area contributed by atoms with E-state index in [1.807, 2.05) is 6.07 Å². The van der Waals surface area contributed by atoms with Crippen molar-refractivity contribution in [3.05, 3.63) is 54.1 Å². The van der Waals surface area contributed by atoms with Crippen molar-refractivity contribution in [2.45, 2.75) is 50.6 Å². The van der Waals surface area contributed by atoms with Gasteiger partial charge < -0.3 is 5.32 Å². The number of carbonyl (C=O) groups excluding carboxylic acids is 3. The second-order valence-electron chi connectivity index (χ2n) is 7.74. The Balaban J connectivity index is 1.97. The SMILES string of the molecule is CCC(C)N(C1CC(=O)N(c2ccc(C#N)cc2)C1=O)S(=O)(=O)c1ccc(NC(C)=O)cc1. The average molecular weight is 469 g/mol. The van der Waals surface area contributed by atoms with Crippen molar-refractivity contribution in [1.29, 1.82) is 5.26 Å². The smallest absolute Gasteiger partial charge is 0.252 e. The Kier molecular flexibility index (Phi) is 6.95. The maximum atomic E-state index is 13.6. The summed E-state index contributed by atoms with van der Waals surface area (Å²) in [5.41, 5.74) is 1.10. The van der Waals surface area contributed by atoms with Crippen LogP contribution in [0.2, 0.25) is 0 Å². The summed E-state index contributed by atoms with van der Waals surface area (Å²) in [5, 5.41) is 11.5. The number of hydrogen-bond acceptors (Lipinski definition) is 6. The second kappa shape index (κ2) is 9.52. The monoisotopic (exact) mass is 468 g/mol. The van der Waals surface area contributed by atoms with E-state index in [9.17, 15) is 22.8 Å². The molecule has 0 radical (unpaired) electrons. The normalized spacial score (nSPS) is 17.2. The van der Waals surface area contributed by atoms with Gasteiger partial charge in [0, 0.05) is 18.7 Å². The van der Waals surface area contributed by atoms with Crippen LogP contribution < -0.4 is 10.2 Å². The number of amides is 3. The van der Waals surface area contributed by atoms with Crippen LogP contribution in [0.25, 0.3) is 0 Å². The van der Waals surface area contributed by atoms with E-state index in [1.54, 1.807) is 13.8 Å². The molecule has 3 rings (SSSR count). The summed E-state index contributed by atoms with van der Waals surface area (Å²) in [5.74, 6) is -1.44. The predicted molar refractivity (Wildman–Crippen MR) is 122 cm³/mol. The molecule has 2 aromatic carbocycles. The van der Waals surface area contributed by atoms with E-state index in [1.165, 1.54) is 55.5 Å². The molecule has 9 nitrogen and oxygen atoms in total. The van der Waals surface area contributed by atoms with Crippen LogP contribution in [0, 0.1) is 11.3 Å². The van der Waals surface area contributed by atoms with Crippen molar-refractivity contribution >= 4 is 39.1 Å². The molecule has 1 heterocycles. The van der Waals surface area contributed by atoms with Gasteiger partial charge in [-0.3, -0.25) is 14.4 Å². The van der Waals surface area contributed by atoms with Crippen LogP contribution in [-0.2, 0) is 24.4 Å². The summed E-state index contributed by atoms with van der Waals surface area (Å²) >= 11 is 0. The van der Waals surface area contributed by atoms with Gasteiger partial charge in [0.15, 0.2) is 0 Å². The number of anilines is 2. The fourth-order valence-electron chi connectivity index (χ4n) is 3.70. The Bertz CT molecular complexity index is 1220. The molecule has 0 aliphatic carbocycles. The first-order valence-corrected chi connectivity index (χ1v) is 11.8. The summed E-state index contributed by atoms with van der Waals surface area (Å²) in [6, 6.07) is 11.8. The van der Waals surface area contributed by atoms with E-state index in [4.69, 9.17) is 5.26 Å². The zero-order valence-corrected chi connectivity index (χ0v) is 19.3. The van der Waals surface area contributed by atoms with Crippen molar-refractivity contribution in [2.24, 2.45) is 0 Å². The van der Waals surface area contributed by atoms with E-state index in [2.05, 4.69) is 5.32 Å². The van der Waals surface area contributed by atoms with Gasteiger partial charge in [0.25, 0.3) is 5.91 Å². The Morgan fingerprint density at radius 3 is 2.30 bits per heavy atom. The Labute approximate surface area is 192 Å². The molecule has 3 amide bonds. The highest BCUT2D eigenvalue weighted by atomic mass is 32.2. The topological polar surface area (TPSA) is 128 Å². The summed E-state index contributed by atoms with van der Waals surface area (Å²) in [7, 11) is -4.14. The van der Waals surface area contributed by atoms with Crippen molar-refractivity contribution < 1.29 is 22.8 Å². The van der Waals surface area contributed by atoms with Gasteiger partial charge in [-0.2, -0.15) is 9.57 Å². The van der Waals surface area contributed by atoms with E-state index in [0.717, 1.165) is 9.21 Å². The first kappa shape index (κ1) is 24.1. The maximum Gasteiger partial charge on any atom is 0.252 e. The van der Waals surface area contributed by atoms with Crippen molar-refractivity contribution in [1.82, 2.24) is 4.31 Å². The van der Waals surface area contributed by atoms with Crippen LogP contribution in [0.5, 0.6) is 0 Å². The Morgan fingerprint density at radius 1 is 1.18 bits per heavy atom. The fraction of sp³-hybridized carbons (Fsp3) is 0.304. The van der Waals surface area contributed by atoms with Crippen LogP contribution in [0.4, 0.5) is 11.4 Å². The molecule has 2 unspecified atom stereocenters. The second-order valence-corrected chi connectivity index (χ2v) is 9.59. The molecular weight excluding hydrogens is 444 g/mol. The van der Waals surface area contributed by atoms with Crippen LogP contribution in [0.3, 0.4) is 0 Å². The molecule has 1 aliphatic heterocycles. The molecule has 1 N–H and O–H groups in total. The number of imide groups is 1. The van der Waals surface area contributed by atoms with E-state index >= 15 is 0 Å². The molecule has 0 bridgehead atoms. The van der Waals surface area contributed by atoms with Gasteiger partial charge in [-0.25, -0.2) is 13.3 Å². The van der Waals surface area contributed by atoms with Crippen LogP contribution in [-0.4, -0.2) is 42.5 Å². The zero-order chi connectivity index (χ0) is 24.3. The molecule has 10 heteroatoms. The van der Waals surface area contributed by atoms with Gasteiger partial charge in [0.1, 0.15) is 6.04 Å². The number of sulfonamides is 1. The van der Waals surface area contributed by atoms with Gasteiger partial charge in [-0.15, -0.1) is 0 Å². The van der Waals surface area contributed by atoms with E-state index in [-0.39, 0.29) is 22.9 Å². The highest BCUT2D eigenvalue weighted by Gasteiger charge is 2.48. The van der Waals surface area contributed by atoms with Crippen molar-refractivity contribution in [2.75, 3.05) is 10.2 Å². The maximum absolute atomic E-state index is 13.6. The molecule has 0 saturated carbocycles. The molecule has 172 valence electrons. The predicted octanol–water partition coefficient (Wildman–Crippen LogP) is 2.64. The quantitative estimate of drug-likeness (QED) is 0.622. The van der Waals surface area contributed by atoms with Gasteiger partial charge in [0.05, 0.1) is 28.6 Å². The molecule has 33 heavy (non-hydrogen) atoms. The molecule has 1 saturated heterocycles. The zero-order valence-electron chi connectivity index (χ0n) is 18.5. The lowest BCUT2D eigenvalue weighted by Gasteiger charge is -2.31. The average Bonchev–Trinajstić information content (AvgIpc) is 3.07. The summed E-state index contributed by atoms with van der Waals surface area (Å²) in [4.78, 5) is 38.2. The Morgan fingerprint density at radius 2 is 1.79 bits per heavy atom. The minimum atomic E-state index is -4.14. The molecule has 0 spiro atoms. The molecule has 0 aromatic heterocycles. The molecule has 1 aliphatic rings.